The summed E-state index contributed by atoms with van der Waals surface area (Å²) in [5.41, 5.74) is 7.68. The van der Waals surface area contributed by atoms with Gasteiger partial charge in [-0.3, -0.25) is 0 Å². The SMILES string of the molecule is Cc1cc(N)n(-c2cc(S(=O)(=O)Oc3ccccc3C)ccc2Cl)n1. The van der Waals surface area contributed by atoms with Crippen molar-refractivity contribution in [3.05, 3.63) is 64.8 Å². The molecule has 0 spiro atoms. The van der Waals surface area contributed by atoms with Crippen LogP contribution >= 0.6 is 11.6 Å². The number of rotatable bonds is 4. The molecule has 130 valence electrons. The smallest absolute Gasteiger partial charge is 0.339 e. The highest BCUT2D eigenvalue weighted by molar-refractivity contribution is 7.87. The molecular weight excluding hydrogens is 362 g/mol. The number of nitrogens with zero attached hydrogens (tertiary/aromatic N) is 2. The van der Waals surface area contributed by atoms with Gasteiger partial charge in [-0.2, -0.15) is 13.5 Å². The first-order valence-electron chi connectivity index (χ1n) is 7.40. The van der Waals surface area contributed by atoms with Crippen LogP contribution in [-0.4, -0.2) is 18.2 Å². The number of aryl methyl sites for hydroxylation is 2. The molecule has 0 aliphatic carbocycles. The van der Waals surface area contributed by atoms with Crippen LogP contribution in [0.25, 0.3) is 5.69 Å². The van der Waals surface area contributed by atoms with Crippen molar-refractivity contribution in [2.24, 2.45) is 0 Å². The Kier molecular flexibility index (Phi) is 4.45. The van der Waals surface area contributed by atoms with E-state index in [0.29, 0.717) is 27.8 Å². The van der Waals surface area contributed by atoms with Gasteiger partial charge in [-0.1, -0.05) is 29.8 Å². The average molecular weight is 378 g/mol. The minimum atomic E-state index is -4.03. The third-order valence-corrected chi connectivity index (χ3v) is 5.14. The molecule has 3 rings (SSSR count). The van der Waals surface area contributed by atoms with Crippen molar-refractivity contribution < 1.29 is 12.6 Å². The van der Waals surface area contributed by atoms with Crippen molar-refractivity contribution in [2.75, 3.05) is 5.73 Å². The van der Waals surface area contributed by atoms with Crippen molar-refractivity contribution in [3.63, 3.8) is 0 Å². The summed E-state index contributed by atoms with van der Waals surface area (Å²) in [6, 6.07) is 12.8. The zero-order valence-electron chi connectivity index (χ0n) is 13.6. The van der Waals surface area contributed by atoms with E-state index in [4.69, 9.17) is 21.5 Å². The van der Waals surface area contributed by atoms with E-state index in [-0.39, 0.29) is 10.6 Å². The molecule has 0 aliphatic rings. The lowest BCUT2D eigenvalue weighted by Gasteiger charge is -2.12. The number of para-hydroxylation sites is 1. The highest BCUT2D eigenvalue weighted by Crippen LogP contribution is 2.28. The molecule has 3 aromatic rings. The summed E-state index contributed by atoms with van der Waals surface area (Å²) in [5, 5.41) is 4.56. The molecule has 0 radical (unpaired) electrons. The fourth-order valence-electron chi connectivity index (χ4n) is 2.34. The van der Waals surface area contributed by atoms with Crippen molar-refractivity contribution >= 4 is 27.5 Å². The fraction of sp³-hybridized carbons (Fsp3) is 0.118. The summed E-state index contributed by atoms with van der Waals surface area (Å²) in [5.74, 6) is 0.627. The third kappa shape index (κ3) is 3.47. The molecule has 0 amide bonds. The van der Waals surface area contributed by atoms with E-state index in [2.05, 4.69) is 5.10 Å². The van der Waals surface area contributed by atoms with Gasteiger partial charge in [-0.25, -0.2) is 4.68 Å². The molecule has 0 unspecified atom stereocenters. The maximum Gasteiger partial charge on any atom is 0.339 e. The summed E-state index contributed by atoms with van der Waals surface area (Å²) in [6.45, 7) is 3.55. The van der Waals surface area contributed by atoms with Crippen LogP contribution in [0.15, 0.2) is 53.4 Å². The van der Waals surface area contributed by atoms with Crippen molar-refractivity contribution in [3.8, 4) is 11.4 Å². The highest BCUT2D eigenvalue weighted by Gasteiger charge is 2.20. The molecule has 0 bridgehead atoms. The van der Waals surface area contributed by atoms with E-state index in [9.17, 15) is 8.42 Å². The number of anilines is 1. The van der Waals surface area contributed by atoms with Crippen molar-refractivity contribution in [1.82, 2.24) is 9.78 Å². The van der Waals surface area contributed by atoms with Crippen LogP contribution in [0, 0.1) is 13.8 Å². The molecule has 0 fully saturated rings. The van der Waals surface area contributed by atoms with Gasteiger partial charge < -0.3 is 9.92 Å². The molecule has 2 aromatic carbocycles. The van der Waals surface area contributed by atoms with Gasteiger partial charge in [0.15, 0.2) is 0 Å². The molecule has 1 aromatic heterocycles. The Morgan fingerprint density at radius 3 is 2.48 bits per heavy atom. The Bertz CT molecular complexity index is 1050. The first-order valence-corrected chi connectivity index (χ1v) is 9.19. The minimum absolute atomic E-state index is 0.0392. The molecule has 0 atom stereocenters. The zero-order chi connectivity index (χ0) is 18.2. The Hall–Kier alpha value is -2.51. The van der Waals surface area contributed by atoms with Crippen LogP contribution in [0.4, 0.5) is 5.82 Å². The number of nitrogen functional groups attached to an aromatic ring is 1. The van der Waals surface area contributed by atoms with Gasteiger partial charge in [-0.15, -0.1) is 0 Å². The molecular formula is C17H16ClN3O3S. The minimum Gasteiger partial charge on any atom is -0.384 e. The molecule has 25 heavy (non-hydrogen) atoms. The Morgan fingerprint density at radius 2 is 1.84 bits per heavy atom. The summed E-state index contributed by atoms with van der Waals surface area (Å²) in [6.07, 6.45) is 0. The predicted octanol–water partition coefficient (Wildman–Crippen LogP) is 3.49. The van der Waals surface area contributed by atoms with Gasteiger partial charge in [0.25, 0.3) is 0 Å². The van der Waals surface area contributed by atoms with Crippen LogP contribution in [0.1, 0.15) is 11.3 Å². The standard InChI is InChI=1S/C17H16ClN3O3S/c1-11-5-3-4-6-16(11)24-25(22,23)13-7-8-14(18)15(10-13)21-17(19)9-12(2)20-21/h3-10H,19H2,1-2H3. The molecule has 8 heteroatoms. The molecule has 2 N–H and O–H groups in total. The molecule has 0 aliphatic heterocycles. The number of hydrogen-bond acceptors (Lipinski definition) is 5. The second-order valence-electron chi connectivity index (χ2n) is 5.54. The van der Waals surface area contributed by atoms with Crippen molar-refractivity contribution in [2.45, 2.75) is 18.7 Å². The van der Waals surface area contributed by atoms with Crippen LogP contribution < -0.4 is 9.92 Å². The Balaban J connectivity index is 2.05. The van der Waals surface area contributed by atoms with Crippen LogP contribution in [0.5, 0.6) is 5.75 Å². The lowest BCUT2D eigenvalue weighted by atomic mass is 10.2. The van der Waals surface area contributed by atoms with Gasteiger partial charge in [-0.05, 0) is 43.7 Å². The van der Waals surface area contributed by atoms with E-state index >= 15 is 0 Å². The maximum atomic E-state index is 12.6. The van der Waals surface area contributed by atoms with E-state index in [1.54, 1.807) is 44.2 Å². The van der Waals surface area contributed by atoms with E-state index in [1.165, 1.54) is 22.9 Å². The van der Waals surface area contributed by atoms with Crippen LogP contribution in [0.2, 0.25) is 5.02 Å². The van der Waals surface area contributed by atoms with E-state index in [1.807, 2.05) is 0 Å². The lowest BCUT2D eigenvalue weighted by Crippen LogP contribution is -2.12. The topological polar surface area (TPSA) is 87.2 Å². The van der Waals surface area contributed by atoms with Gasteiger partial charge in [0, 0.05) is 6.07 Å². The normalized spacial score (nSPS) is 11.5. The molecule has 0 saturated carbocycles. The lowest BCUT2D eigenvalue weighted by molar-refractivity contribution is 0.484. The quantitative estimate of drug-likeness (QED) is 0.703. The second kappa shape index (κ2) is 6.42. The highest BCUT2D eigenvalue weighted by atomic mass is 35.5. The number of halogens is 1. The number of nitrogens with two attached hydrogens (primary N) is 1. The molecule has 6 nitrogen and oxygen atoms in total. The average Bonchev–Trinajstić information content (AvgIpc) is 2.88. The number of benzene rings is 2. The fourth-order valence-corrected chi connectivity index (χ4v) is 3.55. The molecule has 0 saturated heterocycles. The Labute approximate surface area is 150 Å². The first kappa shape index (κ1) is 17.3. The summed E-state index contributed by atoms with van der Waals surface area (Å²) in [7, 11) is -4.03. The predicted molar refractivity (Wildman–Crippen MR) is 96.7 cm³/mol. The molecule has 1 heterocycles. The number of hydrogen-bond donors (Lipinski definition) is 1. The van der Waals surface area contributed by atoms with Gasteiger partial charge >= 0.3 is 10.1 Å². The van der Waals surface area contributed by atoms with Gasteiger partial charge in [0.05, 0.1) is 16.4 Å². The summed E-state index contributed by atoms with van der Waals surface area (Å²) in [4.78, 5) is -0.0392. The van der Waals surface area contributed by atoms with Crippen LogP contribution in [-0.2, 0) is 10.1 Å². The third-order valence-electron chi connectivity index (χ3n) is 3.59. The van der Waals surface area contributed by atoms with Crippen LogP contribution in [0.3, 0.4) is 0 Å². The monoisotopic (exact) mass is 377 g/mol. The maximum absolute atomic E-state index is 12.6. The van der Waals surface area contributed by atoms with Crippen molar-refractivity contribution in [1.29, 1.82) is 0 Å². The van der Waals surface area contributed by atoms with E-state index < -0.39 is 10.1 Å². The second-order valence-corrected chi connectivity index (χ2v) is 7.49. The summed E-state index contributed by atoms with van der Waals surface area (Å²) >= 11 is 6.20. The summed E-state index contributed by atoms with van der Waals surface area (Å²) < 4.78 is 31.9. The van der Waals surface area contributed by atoms with E-state index in [0.717, 1.165) is 0 Å². The number of aromatic nitrogens is 2. The Morgan fingerprint density at radius 1 is 1.12 bits per heavy atom. The van der Waals surface area contributed by atoms with Gasteiger partial charge in [0.2, 0.25) is 0 Å². The first-order chi connectivity index (χ1) is 11.8. The largest absolute Gasteiger partial charge is 0.384 e. The zero-order valence-corrected chi connectivity index (χ0v) is 15.2. The van der Waals surface area contributed by atoms with Gasteiger partial charge in [0.1, 0.15) is 16.5 Å².